The summed E-state index contributed by atoms with van der Waals surface area (Å²) in [6, 6.07) is 9.94. The molecule has 0 radical (unpaired) electrons. The summed E-state index contributed by atoms with van der Waals surface area (Å²) < 4.78 is 5.63. The molecule has 6 nitrogen and oxygen atoms in total. The number of thiophene rings is 1. The number of ether oxygens (including phenoxy) is 1. The van der Waals surface area contributed by atoms with Crippen molar-refractivity contribution in [3.05, 3.63) is 52.2 Å². The summed E-state index contributed by atoms with van der Waals surface area (Å²) in [4.78, 5) is 28.7. The maximum atomic E-state index is 12.6. The molecule has 3 heterocycles. The van der Waals surface area contributed by atoms with Crippen molar-refractivity contribution in [3.8, 4) is 0 Å². The molecule has 1 amide bonds. The quantitative estimate of drug-likeness (QED) is 0.603. The van der Waals surface area contributed by atoms with Gasteiger partial charge in [-0.15, -0.1) is 11.3 Å². The molecule has 0 spiro atoms. The first kappa shape index (κ1) is 20.8. The summed E-state index contributed by atoms with van der Waals surface area (Å²) in [5.41, 5.74) is 2.34. The molecule has 30 heavy (non-hydrogen) atoms. The summed E-state index contributed by atoms with van der Waals surface area (Å²) in [7, 11) is 0. The molecule has 1 aliphatic rings. The first-order chi connectivity index (χ1) is 14.6. The number of carbonyl (C=O) groups is 1. The van der Waals surface area contributed by atoms with Gasteiger partial charge in [0.25, 0.3) is 0 Å². The van der Waals surface area contributed by atoms with Crippen LogP contribution in [0.25, 0.3) is 10.2 Å². The number of nitrogens with zero attached hydrogens (tertiary/aromatic N) is 4. The van der Waals surface area contributed by atoms with Crippen molar-refractivity contribution in [2.75, 3.05) is 37.7 Å². The number of fused-ring (bicyclic) bond motifs is 1. The Balaban J connectivity index is 1.39. The van der Waals surface area contributed by atoms with E-state index in [9.17, 15) is 4.79 Å². The van der Waals surface area contributed by atoms with Gasteiger partial charge in [0.2, 0.25) is 5.91 Å². The van der Waals surface area contributed by atoms with Crippen LogP contribution in [-0.4, -0.2) is 53.6 Å². The van der Waals surface area contributed by atoms with Crippen LogP contribution in [0, 0.1) is 13.8 Å². The lowest BCUT2D eigenvalue weighted by molar-refractivity contribution is -0.136. The van der Waals surface area contributed by atoms with Gasteiger partial charge in [-0.3, -0.25) is 4.79 Å². The zero-order chi connectivity index (χ0) is 21.1. The van der Waals surface area contributed by atoms with Crippen LogP contribution in [0.5, 0.6) is 0 Å². The molecular weight excluding hydrogens is 396 g/mol. The van der Waals surface area contributed by atoms with E-state index >= 15 is 0 Å². The molecule has 0 bridgehead atoms. The predicted molar refractivity (Wildman–Crippen MR) is 121 cm³/mol. The van der Waals surface area contributed by atoms with E-state index in [2.05, 4.69) is 25.7 Å². The highest BCUT2D eigenvalue weighted by molar-refractivity contribution is 7.18. The molecule has 2 aromatic heterocycles. The van der Waals surface area contributed by atoms with Gasteiger partial charge >= 0.3 is 0 Å². The van der Waals surface area contributed by atoms with Gasteiger partial charge in [0.1, 0.15) is 23.1 Å². The third-order valence-electron chi connectivity index (χ3n) is 5.64. The second-order valence-corrected chi connectivity index (χ2v) is 8.83. The van der Waals surface area contributed by atoms with Crippen LogP contribution in [0.1, 0.15) is 28.8 Å². The monoisotopic (exact) mass is 424 g/mol. The first-order valence-corrected chi connectivity index (χ1v) is 11.3. The minimum Gasteiger partial charge on any atom is -0.367 e. The number of carbonyl (C=O) groups excluding carboxylic acids is 1. The molecule has 0 unspecified atom stereocenters. The summed E-state index contributed by atoms with van der Waals surface area (Å²) in [6.45, 7) is 9.87. The molecule has 158 valence electrons. The minimum atomic E-state index is 0.0511. The fourth-order valence-electron chi connectivity index (χ4n) is 3.75. The average molecular weight is 425 g/mol. The Morgan fingerprint density at radius 1 is 1.10 bits per heavy atom. The molecule has 1 aromatic carbocycles. The van der Waals surface area contributed by atoms with E-state index in [-0.39, 0.29) is 12.5 Å². The van der Waals surface area contributed by atoms with Crippen LogP contribution in [0.3, 0.4) is 0 Å². The van der Waals surface area contributed by atoms with Crippen LogP contribution in [0.4, 0.5) is 5.82 Å². The second-order valence-electron chi connectivity index (χ2n) is 7.63. The molecule has 1 saturated heterocycles. The Hall–Kier alpha value is -2.51. The van der Waals surface area contributed by atoms with Gasteiger partial charge in [-0.2, -0.15) is 0 Å². The highest BCUT2D eigenvalue weighted by Crippen LogP contribution is 2.35. The van der Waals surface area contributed by atoms with Crippen LogP contribution in [-0.2, 0) is 22.6 Å². The van der Waals surface area contributed by atoms with Crippen molar-refractivity contribution in [1.82, 2.24) is 14.9 Å². The summed E-state index contributed by atoms with van der Waals surface area (Å²) in [6.07, 6.45) is 0.816. The fraction of sp³-hybridized carbons (Fsp3) is 0.435. The summed E-state index contributed by atoms with van der Waals surface area (Å²) >= 11 is 1.74. The largest absolute Gasteiger partial charge is 0.367 e. The van der Waals surface area contributed by atoms with Gasteiger partial charge in [-0.05, 0) is 25.0 Å². The Bertz CT molecular complexity index is 1030. The standard InChI is InChI=1S/C23H28N4O2S/c1-4-19-24-22(21-16(2)17(3)30-23(21)25-19)27-12-10-26(11-13-27)20(28)15-29-14-18-8-6-5-7-9-18/h5-9H,4,10-15H2,1-3H3. The molecule has 0 saturated carbocycles. The van der Waals surface area contributed by atoms with Gasteiger partial charge in [0, 0.05) is 37.5 Å². The van der Waals surface area contributed by atoms with E-state index in [0.717, 1.165) is 41.5 Å². The van der Waals surface area contributed by atoms with Crippen molar-refractivity contribution in [3.63, 3.8) is 0 Å². The lowest BCUT2D eigenvalue weighted by Crippen LogP contribution is -2.50. The van der Waals surface area contributed by atoms with E-state index in [1.165, 1.54) is 15.8 Å². The second kappa shape index (κ2) is 9.10. The van der Waals surface area contributed by atoms with E-state index in [0.29, 0.717) is 19.7 Å². The maximum absolute atomic E-state index is 12.6. The fourth-order valence-corrected chi connectivity index (χ4v) is 4.79. The minimum absolute atomic E-state index is 0.0511. The number of aryl methyl sites for hydroxylation is 3. The van der Waals surface area contributed by atoms with Gasteiger partial charge in [0.05, 0.1) is 12.0 Å². The first-order valence-electron chi connectivity index (χ1n) is 10.5. The molecule has 7 heteroatoms. The van der Waals surface area contributed by atoms with Gasteiger partial charge < -0.3 is 14.5 Å². The molecular formula is C23H28N4O2S. The van der Waals surface area contributed by atoms with Crippen molar-refractivity contribution in [1.29, 1.82) is 0 Å². The van der Waals surface area contributed by atoms with Crippen molar-refractivity contribution in [2.24, 2.45) is 0 Å². The molecule has 0 atom stereocenters. The molecule has 3 aromatic rings. The number of aromatic nitrogens is 2. The predicted octanol–water partition coefficient (Wildman–Crippen LogP) is 3.74. The van der Waals surface area contributed by atoms with Gasteiger partial charge in [0.15, 0.2) is 0 Å². The molecule has 0 N–H and O–H groups in total. The highest BCUT2D eigenvalue weighted by atomic mass is 32.1. The number of rotatable bonds is 6. The van der Waals surface area contributed by atoms with E-state index in [1.54, 1.807) is 11.3 Å². The summed E-state index contributed by atoms with van der Waals surface area (Å²) in [5, 5.41) is 1.17. The normalized spacial score (nSPS) is 14.5. The third-order valence-corrected chi connectivity index (χ3v) is 6.74. The van der Waals surface area contributed by atoms with E-state index in [4.69, 9.17) is 14.7 Å². The summed E-state index contributed by atoms with van der Waals surface area (Å²) in [5.74, 6) is 1.95. The molecule has 1 aliphatic heterocycles. The van der Waals surface area contributed by atoms with Crippen LogP contribution < -0.4 is 4.90 Å². The zero-order valence-corrected chi connectivity index (χ0v) is 18.7. The van der Waals surface area contributed by atoms with Crippen LogP contribution in [0.2, 0.25) is 0 Å². The third kappa shape index (κ3) is 4.32. The molecule has 0 aliphatic carbocycles. The Kier molecular flexibility index (Phi) is 6.29. The van der Waals surface area contributed by atoms with Crippen molar-refractivity contribution in [2.45, 2.75) is 33.8 Å². The van der Waals surface area contributed by atoms with E-state index < -0.39 is 0 Å². The Morgan fingerprint density at radius 3 is 2.53 bits per heavy atom. The zero-order valence-electron chi connectivity index (χ0n) is 17.9. The number of benzene rings is 1. The number of piperazine rings is 1. The number of hydrogen-bond acceptors (Lipinski definition) is 6. The lowest BCUT2D eigenvalue weighted by atomic mass is 10.2. The maximum Gasteiger partial charge on any atom is 0.248 e. The van der Waals surface area contributed by atoms with E-state index in [1.807, 2.05) is 35.2 Å². The number of hydrogen-bond donors (Lipinski definition) is 0. The topological polar surface area (TPSA) is 58.6 Å². The smallest absolute Gasteiger partial charge is 0.248 e. The van der Waals surface area contributed by atoms with Crippen molar-refractivity contribution >= 4 is 33.3 Å². The van der Waals surface area contributed by atoms with Gasteiger partial charge in [-0.25, -0.2) is 9.97 Å². The molecule has 1 fully saturated rings. The number of amides is 1. The number of anilines is 1. The van der Waals surface area contributed by atoms with Crippen LogP contribution >= 0.6 is 11.3 Å². The SMILES string of the molecule is CCc1nc(N2CCN(C(=O)COCc3ccccc3)CC2)c2c(C)c(C)sc2n1. The molecule has 4 rings (SSSR count). The lowest BCUT2D eigenvalue weighted by Gasteiger charge is -2.35. The van der Waals surface area contributed by atoms with Crippen LogP contribution in [0.15, 0.2) is 30.3 Å². The Morgan fingerprint density at radius 2 is 1.83 bits per heavy atom. The Labute approximate surface area is 181 Å². The van der Waals surface area contributed by atoms with Gasteiger partial charge in [-0.1, -0.05) is 37.3 Å². The van der Waals surface area contributed by atoms with Crippen molar-refractivity contribution < 1.29 is 9.53 Å². The average Bonchev–Trinajstić information content (AvgIpc) is 3.07. The highest BCUT2D eigenvalue weighted by Gasteiger charge is 2.25.